The molecule has 0 unspecified atom stereocenters. The molecule has 0 aliphatic carbocycles. The van der Waals surface area contributed by atoms with Crippen LogP contribution >= 0.6 is 0 Å². The fraction of sp³-hybridized carbons (Fsp3) is 0.900. The lowest BCUT2D eigenvalue weighted by molar-refractivity contribution is -0.146. The van der Waals surface area contributed by atoms with Gasteiger partial charge in [0.25, 0.3) is 0 Å². The molecule has 78 valence electrons. The third kappa shape index (κ3) is 4.88. The Labute approximate surface area is 80.6 Å². The highest BCUT2D eigenvalue weighted by Crippen LogP contribution is 2.13. The van der Waals surface area contributed by atoms with Crippen LogP contribution in [0.2, 0.25) is 0 Å². The van der Waals surface area contributed by atoms with Crippen LogP contribution in [0.4, 0.5) is 0 Å². The zero-order valence-electron chi connectivity index (χ0n) is 8.93. The molecule has 0 aromatic carbocycles. The molecule has 0 aromatic rings. The molecular weight excluding hydrogens is 166 g/mol. The Hall–Kier alpha value is -0.570. The van der Waals surface area contributed by atoms with Gasteiger partial charge in [0.05, 0.1) is 7.11 Å². The van der Waals surface area contributed by atoms with Crippen LogP contribution in [0.25, 0.3) is 0 Å². The molecule has 2 N–H and O–H groups in total. The smallest absolute Gasteiger partial charge is 0.325 e. The van der Waals surface area contributed by atoms with Crippen molar-refractivity contribution in [3.05, 3.63) is 0 Å². The van der Waals surface area contributed by atoms with E-state index in [4.69, 9.17) is 5.73 Å². The summed E-state index contributed by atoms with van der Waals surface area (Å²) in [7, 11) is 1.37. The molecule has 0 radical (unpaired) electrons. The molecule has 0 rings (SSSR count). The number of esters is 1. The number of nitrogens with two attached hydrogens (primary N) is 1. The normalized spacial score (nSPS) is 15.1. The zero-order chi connectivity index (χ0) is 10.3. The van der Waals surface area contributed by atoms with Crippen molar-refractivity contribution < 1.29 is 9.53 Å². The SMILES string of the molecule is CCCCCC[C@](C)(N)C(=O)OC. The van der Waals surface area contributed by atoms with Gasteiger partial charge in [-0.2, -0.15) is 0 Å². The van der Waals surface area contributed by atoms with E-state index in [2.05, 4.69) is 11.7 Å². The molecule has 0 saturated carbocycles. The summed E-state index contributed by atoms with van der Waals surface area (Å²) in [5.74, 6) is -0.316. The second kappa shape index (κ2) is 5.97. The Kier molecular flexibility index (Phi) is 5.71. The van der Waals surface area contributed by atoms with Gasteiger partial charge in [0.2, 0.25) is 0 Å². The van der Waals surface area contributed by atoms with E-state index in [1.165, 1.54) is 20.0 Å². The third-order valence-electron chi connectivity index (χ3n) is 2.20. The molecule has 13 heavy (non-hydrogen) atoms. The predicted molar refractivity (Wildman–Crippen MR) is 53.4 cm³/mol. The van der Waals surface area contributed by atoms with E-state index in [1.807, 2.05) is 0 Å². The molecule has 1 atom stereocenters. The van der Waals surface area contributed by atoms with Crippen LogP contribution in [0.3, 0.4) is 0 Å². The van der Waals surface area contributed by atoms with Crippen LogP contribution < -0.4 is 5.73 Å². The van der Waals surface area contributed by atoms with Crippen LogP contribution in [-0.2, 0) is 9.53 Å². The number of rotatable bonds is 6. The maximum atomic E-state index is 11.2. The van der Waals surface area contributed by atoms with Crippen molar-refractivity contribution in [2.24, 2.45) is 5.73 Å². The first kappa shape index (κ1) is 12.4. The molecular formula is C10H21NO2. The Balaban J connectivity index is 3.69. The lowest BCUT2D eigenvalue weighted by atomic mass is 9.95. The average Bonchev–Trinajstić information content (AvgIpc) is 2.11. The molecule has 0 aromatic heterocycles. The first-order valence-electron chi connectivity index (χ1n) is 4.92. The van der Waals surface area contributed by atoms with E-state index in [0.29, 0.717) is 6.42 Å². The summed E-state index contributed by atoms with van der Waals surface area (Å²) in [6.07, 6.45) is 5.24. The first-order chi connectivity index (χ1) is 6.04. The largest absolute Gasteiger partial charge is 0.468 e. The van der Waals surface area contributed by atoms with Gasteiger partial charge in [-0.3, -0.25) is 4.79 Å². The summed E-state index contributed by atoms with van der Waals surface area (Å²) in [5.41, 5.74) is 4.98. The van der Waals surface area contributed by atoms with E-state index >= 15 is 0 Å². The molecule has 3 heteroatoms. The Morgan fingerprint density at radius 3 is 2.46 bits per heavy atom. The van der Waals surface area contributed by atoms with Gasteiger partial charge in [0, 0.05) is 0 Å². The Morgan fingerprint density at radius 1 is 1.38 bits per heavy atom. The van der Waals surface area contributed by atoms with Crippen molar-refractivity contribution in [3.63, 3.8) is 0 Å². The van der Waals surface area contributed by atoms with Gasteiger partial charge in [0.1, 0.15) is 5.54 Å². The topological polar surface area (TPSA) is 52.3 Å². The Morgan fingerprint density at radius 2 is 2.00 bits per heavy atom. The van der Waals surface area contributed by atoms with Crippen LogP contribution in [0.1, 0.15) is 46.0 Å². The molecule has 0 aliphatic rings. The molecule has 0 amide bonds. The van der Waals surface area contributed by atoms with Gasteiger partial charge in [-0.05, 0) is 13.3 Å². The molecule has 3 nitrogen and oxygen atoms in total. The second-order valence-electron chi connectivity index (χ2n) is 3.72. The van der Waals surface area contributed by atoms with E-state index in [1.54, 1.807) is 6.92 Å². The molecule has 0 fully saturated rings. The highest BCUT2D eigenvalue weighted by Gasteiger charge is 2.28. The summed E-state index contributed by atoms with van der Waals surface area (Å²) < 4.78 is 4.61. The Bertz CT molecular complexity index is 155. The quantitative estimate of drug-likeness (QED) is 0.510. The number of unbranched alkanes of at least 4 members (excludes halogenated alkanes) is 3. The maximum Gasteiger partial charge on any atom is 0.325 e. The van der Waals surface area contributed by atoms with Crippen molar-refractivity contribution in [3.8, 4) is 0 Å². The molecule has 0 saturated heterocycles. The average molecular weight is 187 g/mol. The van der Waals surface area contributed by atoms with Crippen molar-refractivity contribution >= 4 is 5.97 Å². The van der Waals surface area contributed by atoms with Crippen LogP contribution in [-0.4, -0.2) is 18.6 Å². The van der Waals surface area contributed by atoms with Crippen LogP contribution in [0.15, 0.2) is 0 Å². The monoisotopic (exact) mass is 187 g/mol. The standard InChI is InChI=1S/C10H21NO2/c1-4-5-6-7-8-10(2,11)9(12)13-3/h4-8,11H2,1-3H3/t10-/m0/s1. The lowest BCUT2D eigenvalue weighted by Gasteiger charge is -2.20. The molecule has 0 bridgehead atoms. The number of methoxy groups -OCH3 is 1. The van der Waals surface area contributed by atoms with Gasteiger partial charge >= 0.3 is 5.97 Å². The fourth-order valence-electron chi connectivity index (χ4n) is 1.25. The summed E-state index contributed by atoms with van der Waals surface area (Å²) in [5, 5.41) is 0. The van der Waals surface area contributed by atoms with Crippen molar-refractivity contribution in [2.45, 2.75) is 51.5 Å². The minimum Gasteiger partial charge on any atom is -0.468 e. The number of carbonyl (C=O) groups excluding carboxylic acids is 1. The molecule has 0 heterocycles. The van der Waals surface area contributed by atoms with Gasteiger partial charge < -0.3 is 10.5 Å². The minimum absolute atomic E-state index is 0.316. The zero-order valence-corrected chi connectivity index (χ0v) is 8.93. The minimum atomic E-state index is -0.803. The number of hydrogen-bond acceptors (Lipinski definition) is 3. The molecule has 0 aliphatic heterocycles. The summed E-state index contributed by atoms with van der Waals surface area (Å²) in [6.45, 7) is 3.88. The van der Waals surface area contributed by atoms with E-state index in [9.17, 15) is 4.79 Å². The highest BCUT2D eigenvalue weighted by atomic mass is 16.5. The summed E-state index contributed by atoms with van der Waals surface area (Å²) in [4.78, 5) is 11.2. The van der Waals surface area contributed by atoms with Crippen LogP contribution in [0, 0.1) is 0 Å². The number of carbonyl (C=O) groups is 1. The second-order valence-corrected chi connectivity index (χ2v) is 3.72. The van der Waals surface area contributed by atoms with E-state index in [-0.39, 0.29) is 5.97 Å². The van der Waals surface area contributed by atoms with Gasteiger partial charge in [-0.1, -0.05) is 32.6 Å². The fourth-order valence-corrected chi connectivity index (χ4v) is 1.25. The first-order valence-corrected chi connectivity index (χ1v) is 4.92. The highest BCUT2D eigenvalue weighted by molar-refractivity contribution is 5.79. The van der Waals surface area contributed by atoms with E-state index in [0.717, 1.165) is 12.8 Å². The number of ether oxygens (including phenoxy) is 1. The predicted octanol–water partition coefficient (Wildman–Crippen LogP) is 1.85. The number of hydrogen-bond donors (Lipinski definition) is 1. The van der Waals surface area contributed by atoms with Gasteiger partial charge in [0.15, 0.2) is 0 Å². The van der Waals surface area contributed by atoms with E-state index < -0.39 is 5.54 Å². The van der Waals surface area contributed by atoms with Crippen molar-refractivity contribution in [2.75, 3.05) is 7.11 Å². The lowest BCUT2D eigenvalue weighted by Crippen LogP contribution is -2.45. The van der Waals surface area contributed by atoms with Crippen molar-refractivity contribution in [1.82, 2.24) is 0 Å². The van der Waals surface area contributed by atoms with Crippen molar-refractivity contribution in [1.29, 1.82) is 0 Å². The van der Waals surface area contributed by atoms with Gasteiger partial charge in [-0.15, -0.1) is 0 Å². The molecule has 0 spiro atoms. The van der Waals surface area contributed by atoms with Crippen LogP contribution in [0.5, 0.6) is 0 Å². The maximum absolute atomic E-state index is 11.2. The van der Waals surface area contributed by atoms with Gasteiger partial charge in [-0.25, -0.2) is 0 Å². The summed E-state index contributed by atoms with van der Waals surface area (Å²) in [6, 6.07) is 0. The summed E-state index contributed by atoms with van der Waals surface area (Å²) >= 11 is 0. The third-order valence-corrected chi connectivity index (χ3v) is 2.20.